The zero-order chi connectivity index (χ0) is 12.0. The molecular weight excluding hydrogens is 204 g/mol. The molecule has 1 aliphatic carbocycles. The molecule has 1 aliphatic rings. The van der Waals surface area contributed by atoms with Gasteiger partial charge in [0.05, 0.1) is 0 Å². The number of nitrogens with one attached hydrogen (secondary N) is 3. The highest BCUT2D eigenvalue weighted by atomic mass is 16.1. The first kappa shape index (κ1) is 12.8. The number of aliphatic imine (C=N–C) groups is 1. The van der Waals surface area contributed by atoms with E-state index in [2.05, 4.69) is 20.9 Å². The van der Waals surface area contributed by atoms with Crippen LogP contribution in [0.1, 0.15) is 33.1 Å². The summed E-state index contributed by atoms with van der Waals surface area (Å²) in [4.78, 5) is 15.4. The van der Waals surface area contributed by atoms with Crippen molar-refractivity contribution in [2.24, 2.45) is 4.99 Å². The third-order valence-electron chi connectivity index (χ3n) is 2.24. The van der Waals surface area contributed by atoms with Crippen molar-refractivity contribution in [2.75, 3.05) is 13.6 Å². The Balaban J connectivity index is 2.10. The molecule has 16 heavy (non-hydrogen) atoms. The Morgan fingerprint density at radius 2 is 2.12 bits per heavy atom. The highest BCUT2D eigenvalue weighted by Crippen LogP contribution is 2.18. The van der Waals surface area contributed by atoms with Crippen LogP contribution in [0.15, 0.2) is 4.99 Å². The molecule has 0 saturated heterocycles. The van der Waals surface area contributed by atoms with Crippen molar-refractivity contribution in [3.8, 4) is 0 Å². The Labute approximate surface area is 97.1 Å². The first-order valence-corrected chi connectivity index (χ1v) is 5.88. The number of carbonyl (C=O) groups excluding carboxylic acids is 1. The SMILES string of the molecule is CN=C(NCCC(=O)NC(C)C)NC1CC1. The molecule has 0 aromatic rings. The maximum atomic E-state index is 11.3. The van der Waals surface area contributed by atoms with E-state index in [0.29, 0.717) is 19.0 Å². The standard InChI is InChI=1S/C11H22N4O/c1-8(2)14-10(16)6-7-13-11(12-3)15-9-4-5-9/h8-9H,4-7H2,1-3H3,(H,14,16)(H2,12,13,15). The van der Waals surface area contributed by atoms with E-state index in [1.165, 1.54) is 12.8 Å². The first-order chi connectivity index (χ1) is 7.61. The second kappa shape index (κ2) is 6.35. The maximum Gasteiger partial charge on any atom is 0.221 e. The summed E-state index contributed by atoms with van der Waals surface area (Å²) in [6.07, 6.45) is 2.91. The molecular formula is C11H22N4O. The molecule has 92 valence electrons. The average Bonchev–Trinajstić information content (AvgIpc) is 2.99. The van der Waals surface area contributed by atoms with Crippen molar-refractivity contribution in [2.45, 2.75) is 45.2 Å². The number of hydrogen-bond acceptors (Lipinski definition) is 2. The molecule has 0 aromatic carbocycles. The molecule has 1 rings (SSSR count). The summed E-state index contributed by atoms with van der Waals surface area (Å²) in [7, 11) is 1.74. The summed E-state index contributed by atoms with van der Waals surface area (Å²) in [5.74, 6) is 0.865. The topological polar surface area (TPSA) is 65.5 Å². The number of rotatable bonds is 5. The summed E-state index contributed by atoms with van der Waals surface area (Å²) in [6.45, 7) is 4.53. The number of hydrogen-bond donors (Lipinski definition) is 3. The normalized spacial score (nSPS) is 16.1. The van der Waals surface area contributed by atoms with Crippen LogP contribution in [0, 0.1) is 0 Å². The van der Waals surface area contributed by atoms with Crippen molar-refractivity contribution >= 4 is 11.9 Å². The molecule has 1 saturated carbocycles. The van der Waals surface area contributed by atoms with E-state index in [0.717, 1.165) is 5.96 Å². The number of carbonyl (C=O) groups is 1. The van der Waals surface area contributed by atoms with E-state index in [-0.39, 0.29) is 11.9 Å². The van der Waals surface area contributed by atoms with Gasteiger partial charge in [-0.1, -0.05) is 0 Å². The van der Waals surface area contributed by atoms with Crippen LogP contribution in [-0.4, -0.2) is 37.5 Å². The molecule has 0 bridgehead atoms. The van der Waals surface area contributed by atoms with Crippen molar-refractivity contribution < 1.29 is 4.79 Å². The fourth-order valence-corrected chi connectivity index (χ4v) is 1.30. The predicted molar refractivity (Wildman–Crippen MR) is 65.4 cm³/mol. The van der Waals surface area contributed by atoms with Crippen LogP contribution in [-0.2, 0) is 4.79 Å². The molecule has 3 N–H and O–H groups in total. The molecule has 0 heterocycles. The van der Waals surface area contributed by atoms with Crippen LogP contribution in [0.25, 0.3) is 0 Å². The molecule has 0 spiro atoms. The summed E-state index contributed by atoms with van der Waals surface area (Å²) in [5, 5.41) is 9.23. The van der Waals surface area contributed by atoms with Gasteiger partial charge in [-0.05, 0) is 26.7 Å². The number of amides is 1. The van der Waals surface area contributed by atoms with E-state index < -0.39 is 0 Å². The van der Waals surface area contributed by atoms with Crippen LogP contribution in [0.3, 0.4) is 0 Å². The minimum Gasteiger partial charge on any atom is -0.356 e. The van der Waals surface area contributed by atoms with Gasteiger partial charge in [0, 0.05) is 32.1 Å². The van der Waals surface area contributed by atoms with Gasteiger partial charge in [0.25, 0.3) is 0 Å². The lowest BCUT2D eigenvalue weighted by molar-refractivity contribution is -0.121. The van der Waals surface area contributed by atoms with E-state index in [1.54, 1.807) is 7.05 Å². The van der Waals surface area contributed by atoms with Gasteiger partial charge in [0.1, 0.15) is 0 Å². The molecule has 0 atom stereocenters. The lowest BCUT2D eigenvalue weighted by Crippen LogP contribution is -2.40. The number of guanidine groups is 1. The maximum absolute atomic E-state index is 11.3. The summed E-state index contributed by atoms with van der Waals surface area (Å²) in [6, 6.07) is 0.784. The number of nitrogens with zero attached hydrogens (tertiary/aromatic N) is 1. The van der Waals surface area contributed by atoms with Gasteiger partial charge in [0.15, 0.2) is 5.96 Å². The minimum absolute atomic E-state index is 0.0735. The van der Waals surface area contributed by atoms with E-state index in [1.807, 2.05) is 13.8 Å². The van der Waals surface area contributed by atoms with Crippen LogP contribution in [0.4, 0.5) is 0 Å². The minimum atomic E-state index is 0.0735. The van der Waals surface area contributed by atoms with Crippen molar-refractivity contribution in [3.63, 3.8) is 0 Å². The summed E-state index contributed by atoms with van der Waals surface area (Å²) < 4.78 is 0. The molecule has 0 unspecified atom stereocenters. The molecule has 0 aliphatic heterocycles. The van der Waals surface area contributed by atoms with Crippen molar-refractivity contribution in [1.82, 2.24) is 16.0 Å². The zero-order valence-electron chi connectivity index (χ0n) is 10.3. The molecule has 0 radical (unpaired) electrons. The van der Waals surface area contributed by atoms with Gasteiger partial charge in [-0.15, -0.1) is 0 Å². The quantitative estimate of drug-likeness (QED) is 0.464. The van der Waals surface area contributed by atoms with Crippen LogP contribution in [0.5, 0.6) is 0 Å². The summed E-state index contributed by atoms with van der Waals surface area (Å²) in [5.41, 5.74) is 0. The summed E-state index contributed by atoms with van der Waals surface area (Å²) >= 11 is 0. The van der Waals surface area contributed by atoms with Gasteiger partial charge >= 0.3 is 0 Å². The Morgan fingerprint density at radius 1 is 1.44 bits per heavy atom. The third-order valence-corrected chi connectivity index (χ3v) is 2.24. The predicted octanol–water partition coefficient (Wildman–Crippen LogP) is 0.229. The molecule has 5 nitrogen and oxygen atoms in total. The average molecular weight is 226 g/mol. The fourth-order valence-electron chi connectivity index (χ4n) is 1.30. The van der Waals surface area contributed by atoms with Gasteiger partial charge in [-0.25, -0.2) is 0 Å². The van der Waals surface area contributed by atoms with Crippen LogP contribution >= 0.6 is 0 Å². The Morgan fingerprint density at radius 3 is 2.62 bits per heavy atom. The van der Waals surface area contributed by atoms with E-state index in [9.17, 15) is 4.79 Å². The van der Waals surface area contributed by atoms with Gasteiger partial charge in [-0.2, -0.15) is 0 Å². The Hall–Kier alpha value is -1.26. The van der Waals surface area contributed by atoms with Gasteiger partial charge < -0.3 is 16.0 Å². The third kappa shape index (κ3) is 5.58. The highest BCUT2D eigenvalue weighted by molar-refractivity contribution is 5.81. The Bertz CT molecular complexity index is 259. The molecule has 1 amide bonds. The largest absolute Gasteiger partial charge is 0.356 e. The van der Waals surface area contributed by atoms with Gasteiger partial charge in [0.2, 0.25) is 5.91 Å². The first-order valence-electron chi connectivity index (χ1n) is 5.88. The Kier molecular flexibility index (Phi) is 5.08. The van der Waals surface area contributed by atoms with Crippen molar-refractivity contribution in [3.05, 3.63) is 0 Å². The highest BCUT2D eigenvalue weighted by Gasteiger charge is 2.21. The van der Waals surface area contributed by atoms with Crippen molar-refractivity contribution in [1.29, 1.82) is 0 Å². The smallest absolute Gasteiger partial charge is 0.221 e. The van der Waals surface area contributed by atoms with Crippen LogP contribution in [0.2, 0.25) is 0 Å². The molecule has 1 fully saturated rings. The van der Waals surface area contributed by atoms with Gasteiger partial charge in [-0.3, -0.25) is 9.79 Å². The van der Waals surface area contributed by atoms with E-state index in [4.69, 9.17) is 0 Å². The fraction of sp³-hybridized carbons (Fsp3) is 0.818. The molecule has 0 aromatic heterocycles. The molecule has 5 heteroatoms. The lowest BCUT2D eigenvalue weighted by atomic mass is 10.3. The zero-order valence-corrected chi connectivity index (χ0v) is 10.3. The second-order valence-electron chi connectivity index (χ2n) is 4.39. The van der Waals surface area contributed by atoms with E-state index >= 15 is 0 Å². The van der Waals surface area contributed by atoms with Crippen LogP contribution < -0.4 is 16.0 Å². The lowest BCUT2D eigenvalue weighted by Gasteiger charge is -2.12. The monoisotopic (exact) mass is 226 g/mol. The second-order valence-corrected chi connectivity index (χ2v) is 4.39.